The van der Waals surface area contributed by atoms with Crippen LogP contribution in [0.2, 0.25) is 0 Å². The number of aromatic hydroxyl groups is 1. The van der Waals surface area contributed by atoms with Crippen molar-refractivity contribution in [1.82, 2.24) is 10.2 Å². The van der Waals surface area contributed by atoms with Crippen LogP contribution in [0.3, 0.4) is 0 Å². The molecule has 110 valence electrons. The van der Waals surface area contributed by atoms with E-state index in [-0.39, 0.29) is 11.7 Å². The summed E-state index contributed by atoms with van der Waals surface area (Å²) in [5.74, 6) is 0.380. The molecule has 0 radical (unpaired) electrons. The van der Waals surface area contributed by atoms with Crippen LogP contribution in [0.15, 0.2) is 22.7 Å². The zero-order valence-electron chi connectivity index (χ0n) is 11.7. The van der Waals surface area contributed by atoms with Crippen LogP contribution in [0, 0.1) is 5.92 Å². The molecule has 0 aromatic heterocycles. The first-order valence-corrected chi connectivity index (χ1v) is 7.84. The van der Waals surface area contributed by atoms with Crippen LogP contribution in [-0.2, 0) is 0 Å². The summed E-state index contributed by atoms with van der Waals surface area (Å²) in [5.41, 5.74) is 0.485. The summed E-state index contributed by atoms with van der Waals surface area (Å²) in [6.45, 7) is 6.20. The Morgan fingerprint density at radius 2 is 2.15 bits per heavy atom. The second kappa shape index (κ2) is 7.09. The SMILES string of the molecule is CC(CNC(=O)c1ccc(Br)c(O)c1)CN1CCCC1. The van der Waals surface area contributed by atoms with Crippen molar-refractivity contribution < 1.29 is 9.90 Å². The average Bonchev–Trinajstić information content (AvgIpc) is 2.92. The molecule has 1 fully saturated rings. The van der Waals surface area contributed by atoms with Gasteiger partial charge in [-0.2, -0.15) is 0 Å². The molecule has 1 aliphatic heterocycles. The van der Waals surface area contributed by atoms with E-state index in [1.165, 1.54) is 32.0 Å². The molecule has 0 bridgehead atoms. The van der Waals surface area contributed by atoms with Crippen LogP contribution in [-0.4, -0.2) is 42.1 Å². The van der Waals surface area contributed by atoms with Crippen LogP contribution in [0.5, 0.6) is 5.75 Å². The molecular formula is C15H21BrN2O2. The molecule has 0 saturated carbocycles. The van der Waals surface area contributed by atoms with Gasteiger partial charge in [0.2, 0.25) is 0 Å². The Kier molecular flexibility index (Phi) is 5.43. The van der Waals surface area contributed by atoms with Gasteiger partial charge in [0.05, 0.1) is 4.47 Å². The maximum atomic E-state index is 12.0. The Morgan fingerprint density at radius 3 is 2.80 bits per heavy atom. The molecule has 1 aromatic rings. The van der Waals surface area contributed by atoms with Gasteiger partial charge in [0.15, 0.2) is 0 Å². The molecule has 1 amide bonds. The van der Waals surface area contributed by atoms with Crippen LogP contribution in [0.1, 0.15) is 30.1 Å². The number of carbonyl (C=O) groups is 1. The smallest absolute Gasteiger partial charge is 0.251 e. The lowest BCUT2D eigenvalue weighted by atomic mass is 10.1. The largest absolute Gasteiger partial charge is 0.507 e. The predicted octanol–water partition coefficient (Wildman–Crippen LogP) is 2.62. The summed E-state index contributed by atoms with van der Waals surface area (Å²) in [6, 6.07) is 4.85. The number of benzene rings is 1. The van der Waals surface area contributed by atoms with Crippen LogP contribution >= 0.6 is 15.9 Å². The first-order chi connectivity index (χ1) is 9.56. The van der Waals surface area contributed by atoms with E-state index in [0.717, 1.165) is 6.54 Å². The monoisotopic (exact) mass is 340 g/mol. The van der Waals surface area contributed by atoms with Crippen LogP contribution in [0.25, 0.3) is 0 Å². The van der Waals surface area contributed by atoms with Gasteiger partial charge >= 0.3 is 0 Å². The number of nitrogens with one attached hydrogen (secondary N) is 1. The van der Waals surface area contributed by atoms with Crippen molar-refractivity contribution in [1.29, 1.82) is 0 Å². The van der Waals surface area contributed by atoms with Crippen molar-refractivity contribution >= 4 is 21.8 Å². The highest BCUT2D eigenvalue weighted by Gasteiger charge is 2.15. The van der Waals surface area contributed by atoms with Gasteiger partial charge < -0.3 is 15.3 Å². The molecule has 1 aromatic carbocycles. The molecule has 2 rings (SSSR count). The number of nitrogens with zero attached hydrogens (tertiary/aromatic N) is 1. The number of halogens is 1. The van der Waals surface area contributed by atoms with Gasteiger partial charge in [-0.05, 0) is 66.0 Å². The molecule has 4 nitrogen and oxygen atoms in total. The Morgan fingerprint density at radius 1 is 1.45 bits per heavy atom. The lowest BCUT2D eigenvalue weighted by Gasteiger charge is -2.20. The summed E-state index contributed by atoms with van der Waals surface area (Å²) in [4.78, 5) is 14.4. The highest BCUT2D eigenvalue weighted by atomic mass is 79.9. The van der Waals surface area contributed by atoms with Crippen LogP contribution in [0.4, 0.5) is 0 Å². The highest BCUT2D eigenvalue weighted by molar-refractivity contribution is 9.10. The molecule has 0 spiro atoms. The quantitative estimate of drug-likeness (QED) is 0.866. The molecule has 1 heterocycles. The summed E-state index contributed by atoms with van der Waals surface area (Å²) >= 11 is 3.20. The van der Waals surface area contributed by atoms with Gasteiger partial charge in [0, 0.05) is 18.7 Å². The fourth-order valence-electron chi connectivity index (χ4n) is 2.49. The van der Waals surface area contributed by atoms with Crippen molar-refractivity contribution in [3.63, 3.8) is 0 Å². The number of hydrogen-bond donors (Lipinski definition) is 2. The third-order valence-corrected chi connectivity index (χ3v) is 4.26. The summed E-state index contributed by atoms with van der Waals surface area (Å²) in [7, 11) is 0. The van der Waals surface area contributed by atoms with Gasteiger partial charge in [0.25, 0.3) is 5.91 Å². The number of phenolic OH excluding ortho intramolecular Hbond substituents is 1. The number of phenols is 1. The number of likely N-dealkylation sites (tertiary alicyclic amines) is 1. The lowest BCUT2D eigenvalue weighted by molar-refractivity contribution is 0.0944. The molecular weight excluding hydrogens is 320 g/mol. The third kappa shape index (κ3) is 4.21. The van der Waals surface area contributed by atoms with E-state index >= 15 is 0 Å². The fraction of sp³-hybridized carbons (Fsp3) is 0.533. The maximum Gasteiger partial charge on any atom is 0.251 e. The minimum Gasteiger partial charge on any atom is -0.507 e. The van der Waals surface area contributed by atoms with Crippen molar-refractivity contribution in [2.75, 3.05) is 26.2 Å². The standard InChI is InChI=1S/C15H21BrN2O2/c1-11(10-18-6-2-3-7-18)9-17-15(20)12-4-5-13(16)14(19)8-12/h4-5,8,11,19H,2-3,6-7,9-10H2,1H3,(H,17,20). The van der Waals surface area contributed by atoms with Gasteiger partial charge in [0.1, 0.15) is 5.75 Å². The van der Waals surface area contributed by atoms with E-state index in [0.29, 0.717) is 22.5 Å². The number of amides is 1. The van der Waals surface area contributed by atoms with E-state index in [1.54, 1.807) is 12.1 Å². The van der Waals surface area contributed by atoms with E-state index in [2.05, 4.69) is 33.1 Å². The normalized spacial score (nSPS) is 17.1. The van der Waals surface area contributed by atoms with E-state index in [9.17, 15) is 9.90 Å². The Balaban J connectivity index is 1.80. The van der Waals surface area contributed by atoms with E-state index < -0.39 is 0 Å². The molecule has 5 heteroatoms. The number of rotatable bonds is 5. The van der Waals surface area contributed by atoms with Crippen LogP contribution < -0.4 is 5.32 Å². The summed E-state index contributed by atoms with van der Waals surface area (Å²) in [5, 5.41) is 12.5. The molecule has 1 unspecified atom stereocenters. The van der Waals surface area contributed by atoms with Gasteiger partial charge in [-0.25, -0.2) is 0 Å². The van der Waals surface area contributed by atoms with Crippen molar-refractivity contribution in [3.05, 3.63) is 28.2 Å². The predicted molar refractivity (Wildman–Crippen MR) is 83.0 cm³/mol. The van der Waals surface area contributed by atoms with Gasteiger partial charge in [-0.3, -0.25) is 4.79 Å². The Bertz CT molecular complexity index is 473. The third-order valence-electron chi connectivity index (χ3n) is 3.59. The molecule has 1 atom stereocenters. The van der Waals surface area contributed by atoms with Crippen molar-refractivity contribution in [2.45, 2.75) is 19.8 Å². The fourth-order valence-corrected chi connectivity index (χ4v) is 2.74. The zero-order chi connectivity index (χ0) is 14.5. The molecule has 1 saturated heterocycles. The van der Waals surface area contributed by atoms with Gasteiger partial charge in [-0.15, -0.1) is 0 Å². The van der Waals surface area contributed by atoms with Gasteiger partial charge in [-0.1, -0.05) is 6.92 Å². The minimum absolute atomic E-state index is 0.0859. The number of carbonyl (C=O) groups excluding carboxylic acids is 1. The second-order valence-electron chi connectivity index (χ2n) is 5.49. The first-order valence-electron chi connectivity index (χ1n) is 7.05. The summed E-state index contributed by atoms with van der Waals surface area (Å²) in [6.07, 6.45) is 2.58. The number of hydrogen-bond acceptors (Lipinski definition) is 3. The maximum absolute atomic E-state index is 12.0. The Hall–Kier alpha value is -1.07. The Labute approximate surface area is 128 Å². The second-order valence-corrected chi connectivity index (χ2v) is 6.34. The molecule has 1 aliphatic rings. The first kappa shape index (κ1) is 15.3. The van der Waals surface area contributed by atoms with Crippen molar-refractivity contribution in [2.24, 2.45) is 5.92 Å². The topological polar surface area (TPSA) is 52.6 Å². The molecule has 2 N–H and O–H groups in total. The van der Waals surface area contributed by atoms with E-state index in [1.807, 2.05) is 0 Å². The average molecular weight is 341 g/mol. The minimum atomic E-state index is -0.138. The molecule has 0 aliphatic carbocycles. The highest BCUT2D eigenvalue weighted by Crippen LogP contribution is 2.24. The summed E-state index contributed by atoms with van der Waals surface area (Å²) < 4.78 is 0.594. The molecule has 20 heavy (non-hydrogen) atoms. The zero-order valence-corrected chi connectivity index (χ0v) is 13.3. The lowest BCUT2D eigenvalue weighted by Crippen LogP contribution is -2.34. The van der Waals surface area contributed by atoms with E-state index in [4.69, 9.17) is 0 Å². The van der Waals surface area contributed by atoms with Crippen molar-refractivity contribution in [3.8, 4) is 5.75 Å².